The molecular weight excluding hydrogens is 388 g/mol. The van der Waals surface area contributed by atoms with Crippen LogP contribution in [-0.2, 0) is 4.79 Å². The highest BCUT2D eigenvalue weighted by atomic mass is 16.5. The molecule has 3 N–H and O–H groups in total. The molecule has 0 aromatic heterocycles. The van der Waals surface area contributed by atoms with Crippen molar-refractivity contribution < 1.29 is 29.6 Å². The van der Waals surface area contributed by atoms with E-state index in [4.69, 9.17) is 14.6 Å². The summed E-state index contributed by atoms with van der Waals surface area (Å²) in [6.45, 7) is 6.98. The zero-order chi connectivity index (χ0) is 22.3. The van der Waals surface area contributed by atoms with Gasteiger partial charge >= 0.3 is 0 Å². The van der Waals surface area contributed by atoms with Crippen LogP contribution in [0.4, 0.5) is 0 Å². The van der Waals surface area contributed by atoms with Crippen LogP contribution in [0.15, 0.2) is 18.2 Å². The minimum atomic E-state index is -0.833. The average molecular weight is 423 g/mol. The van der Waals surface area contributed by atoms with Crippen molar-refractivity contribution in [3.63, 3.8) is 0 Å². The second-order valence-corrected chi connectivity index (χ2v) is 8.12. The van der Waals surface area contributed by atoms with Gasteiger partial charge in [0, 0.05) is 52.2 Å². The molecular formula is C22H34N2O6. The van der Waals surface area contributed by atoms with E-state index < -0.39 is 5.97 Å². The van der Waals surface area contributed by atoms with E-state index in [-0.39, 0.29) is 30.5 Å². The Morgan fingerprint density at radius 2 is 1.77 bits per heavy atom. The Hall–Kier alpha value is -2.16. The van der Waals surface area contributed by atoms with Crippen LogP contribution in [0.2, 0.25) is 0 Å². The minimum Gasteiger partial charge on any atom is -0.496 e. The molecule has 0 aliphatic carbocycles. The van der Waals surface area contributed by atoms with Crippen LogP contribution < -0.4 is 4.74 Å². The van der Waals surface area contributed by atoms with Crippen LogP contribution in [0.5, 0.6) is 5.75 Å². The zero-order valence-electron chi connectivity index (χ0n) is 18.1. The first-order valence-electron chi connectivity index (χ1n) is 10.4. The van der Waals surface area contributed by atoms with E-state index in [9.17, 15) is 15.0 Å². The largest absolute Gasteiger partial charge is 0.496 e. The van der Waals surface area contributed by atoms with E-state index in [1.807, 2.05) is 30.0 Å². The van der Waals surface area contributed by atoms with Crippen molar-refractivity contribution >= 4 is 11.9 Å². The highest BCUT2D eigenvalue weighted by Gasteiger charge is 2.37. The van der Waals surface area contributed by atoms with Gasteiger partial charge in [0.1, 0.15) is 5.75 Å². The molecule has 0 spiro atoms. The molecule has 0 radical (unpaired) electrons. The van der Waals surface area contributed by atoms with Gasteiger partial charge in [-0.05, 0) is 37.3 Å². The molecule has 2 atom stereocenters. The Labute approximate surface area is 178 Å². The van der Waals surface area contributed by atoms with Gasteiger partial charge in [-0.3, -0.25) is 9.59 Å². The van der Waals surface area contributed by atoms with Crippen LogP contribution in [0.25, 0.3) is 0 Å². The van der Waals surface area contributed by atoms with Crippen molar-refractivity contribution in [3.05, 3.63) is 29.3 Å². The average Bonchev–Trinajstić information content (AvgIpc) is 3.11. The van der Waals surface area contributed by atoms with Crippen molar-refractivity contribution in [1.29, 1.82) is 0 Å². The highest BCUT2D eigenvalue weighted by molar-refractivity contribution is 5.97. The second kappa shape index (κ2) is 11.3. The summed E-state index contributed by atoms with van der Waals surface area (Å²) in [4.78, 5) is 26.2. The SMILES string of the molecule is CC(=O)O.COc1c(C)cccc1C(=O)N1C[C@@H](CN2CCC(O)CC2)[C@@H](CO)C1. The molecule has 2 fully saturated rings. The lowest BCUT2D eigenvalue weighted by Gasteiger charge is -2.32. The number of aliphatic hydroxyl groups excluding tert-OH is 2. The van der Waals surface area contributed by atoms with Crippen molar-refractivity contribution in [2.45, 2.75) is 32.8 Å². The number of hydrogen-bond donors (Lipinski definition) is 3. The standard InChI is InChI=1S/C20H30N2O4.C2H4O2/c1-14-4-3-5-18(19(14)26-2)20(25)22-11-15(16(12-22)13-23)10-21-8-6-17(24)7-9-21;1-2(3)4/h3-5,15-17,23-24H,6-13H2,1-2H3;1H3,(H,3,4)/t15-,16-;/m1./s1. The Kier molecular flexibility index (Phi) is 9.08. The quantitative estimate of drug-likeness (QED) is 0.655. The number of carbonyl (C=O) groups excluding carboxylic acids is 1. The summed E-state index contributed by atoms with van der Waals surface area (Å²) in [6.07, 6.45) is 1.43. The zero-order valence-corrected chi connectivity index (χ0v) is 18.1. The number of likely N-dealkylation sites (tertiary alicyclic amines) is 2. The number of para-hydroxylation sites is 1. The summed E-state index contributed by atoms with van der Waals surface area (Å²) >= 11 is 0. The number of benzene rings is 1. The smallest absolute Gasteiger partial charge is 0.300 e. The van der Waals surface area contributed by atoms with Gasteiger partial charge in [-0.15, -0.1) is 0 Å². The number of aliphatic hydroxyl groups is 2. The maximum absolute atomic E-state index is 13.0. The lowest BCUT2D eigenvalue weighted by molar-refractivity contribution is -0.134. The fraction of sp³-hybridized carbons (Fsp3) is 0.636. The molecule has 30 heavy (non-hydrogen) atoms. The van der Waals surface area contributed by atoms with E-state index in [1.54, 1.807) is 7.11 Å². The number of carboxylic acids is 1. The van der Waals surface area contributed by atoms with Crippen LogP contribution in [0.3, 0.4) is 0 Å². The van der Waals surface area contributed by atoms with E-state index in [0.29, 0.717) is 24.4 Å². The third-order valence-electron chi connectivity index (χ3n) is 5.79. The molecule has 1 aromatic carbocycles. The Balaban J connectivity index is 0.000000735. The number of nitrogens with zero attached hydrogens (tertiary/aromatic N) is 2. The van der Waals surface area contributed by atoms with Gasteiger partial charge in [0.15, 0.2) is 0 Å². The number of piperidine rings is 1. The molecule has 2 saturated heterocycles. The number of hydrogen-bond acceptors (Lipinski definition) is 6. The lowest BCUT2D eigenvalue weighted by atomic mass is 9.95. The molecule has 8 nitrogen and oxygen atoms in total. The molecule has 2 aliphatic heterocycles. The van der Waals surface area contributed by atoms with E-state index >= 15 is 0 Å². The molecule has 0 unspecified atom stereocenters. The molecule has 8 heteroatoms. The number of carboxylic acid groups (broad SMARTS) is 1. The van der Waals surface area contributed by atoms with Gasteiger partial charge in [0.05, 0.1) is 18.8 Å². The molecule has 2 heterocycles. The molecule has 1 amide bonds. The first-order chi connectivity index (χ1) is 14.3. The third-order valence-corrected chi connectivity index (χ3v) is 5.79. The fourth-order valence-corrected chi connectivity index (χ4v) is 4.21. The van der Waals surface area contributed by atoms with Crippen molar-refractivity contribution in [3.8, 4) is 5.75 Å². The number of rotatable bonds is 5. The summed E-state index contributed by atoms with van der Waals surface area (Å²) in [5.41, 5.74) is 1.53. The summed E-state index contributed by atoms with van der Waals surface area (Å²) in [6, 6.07) is 5.62. The van der Waals surface area contributed by atoms with Crippen LogP contribution in [0, 0.1) is 18.8 Å². The summed E-state index contributed by atoms with van der Waals surface area (Å²) in [5, 5.41) is 26.9. The number of methoxy groups -OCH3 is 1. The second-order valence-electron chi connectivity index (χ2n) is 8.12. The van der Waals surface area contributed by atoms with E-state index in [0.717, 1.165) is 45.0 Å². The number of aliphatic carboxylic acids is 1. The van der Waals surface area contributed by atoms with Gasteiger partial charge in [0.2, 0.25) is 0 Å². The molecule has 0 saturated carbocycles. The van der Waals surface area contributed by atoms with Crippen LogP contribution in [-0.4, -0.2) is 89.5 Å². The topological polar surface area (TPSA) is 111 Å². The minimum absolute atomic E-state index is 0.0273. The van der Waals surface area contributed by atoms with Crippen molar-refractivity contribution in [2.75, 3.05) is 46.4 Å². The normalized spacial score (nSPS) is 22.4. The number of ether oxygens (including phenoxy) is 1. The first kappa shape index (κ1) is 24.1. The third kappa shape index (κ3) is 6.42. The predicted octanol–water partition coefficient (Wildman–Crippen LogP) is 1.23. The lowest BCUT2D eigenvalue weighted by Crippen LogP contribution is -2.40. The maximum Gasteiger partial charge on any atom is 0.300 e. The fourth-order valence-electron chi connectivity index (χ4n) is 4.21. The maximum atomic E-state index is 13.0. The first-order valence-corrected chi connectivity index (χ1v) is 10.4. The predicted molar refractivity (Wildman–Crippen MR) is 113 cm³/mol. The summed E-state index contributed by atoms with van der Waals surface area (Å²) in [7, 11) is 1.59. The summed E-state index contributed by atoms with van der Waals surface area (Å²) < 4.78 is 5.44. The summed E-state index contributed by atoms with van der Waals surface area (Å²) in [5.74, 6) is 0.128. The number of amides is 1. The van der Waals surface area contributed by atoms with Crippen LogP contribution in [0.1, 0.15) is 35.7 Å². The number of carbonyl (C=O) groups is 2. The van der Waals surface area contributed by atoms with Gasteiger partial charge in [-0.2, -0.15) is 0 Å². The van der Waals surface area contributed by atoms with Gasteiger partial charge in [0.25, 0.3) is 11.9 Å². The molecule has 2 aliphatic rings. The molecule has 3 rings (SSSR count). The highest BCUT2D eigenvalue weighted by Crippen LogP contribution is 2.30. The van der Waals surface area contributed by atoms with Gasteiger partial charge < -0.3 is 29.9 Å². The van der Waals surface area contributed by atoms with Gasteiger partial charge in [-0.1, -0.05) is 12.1 Å². The molecule has 1 aromatic rings. The van der Waals surface area contributed by atoms with Crippen molar-refractivity contribution in [1.82, 2.24) is 9.80 Å². The Bertz CT molecular complexity index is 714. The molecule has 0 bridgehead atoms. The Morgan fingerprint density at radius 1 is 1.17 bits per heavy atom. The Morgan fingerprint density at radius 3 is 2.33 bits per heavy atom. The van der Waals surface area contributed by atoms with Crippen LogP contribution >= 0.6 is 0 Å². The van der Waals surface area contributed by atoms with E-state index in [2.05, 4.69) is 4.90 Å². The van der Waals surface area contributed by atoms with Gasteiger partial charge in [-0.25, -0.2) is 0 Å². The number of aryl methyl sites for hydroxylation is 1. The van der Waals surface area contributed by atoms with Crippen molar-refractivity contribution in [2.24, 2.45) is 11.8 Å². The molecule has 168 valence electrons. The monoisotopic (exact) mass is 422 g/mol. The van der Waals surface area contributed by atoms with E-state index in [1.165, 1.54) is 0 Å².